The van der Waals surface area contributed by atoms with Crippen molar-refractivity contribution in [2.24, 2.45) is 10.2 Å². The summed E-state index contributed by atoms with van der Waals surface area (Å²) in [4.78, 5) is 57.5. The lowest BCUT2D eigenvalue weighted by Crippen LogP contribution is -2.33. The molecule has 55 heavy (non-hydrogen) atoms. The van der Waals surface area contributed by atoms with Gasteiger partial charge in [-0.1, -0.05) is 36.4 Å². The van der Waals surface area contributed by atoms with Gasteiger partial charge in [-0.2, -0.15) is 4.98 Å². The van der Waals surface area contributed by atoms with Gasteiger partial charge in [-0.15, -0.1) is 0 Å². The van der Waals surface area contributed by atoms with Gasteiger partial charge in [-0.25, -0.2) is 4.79 Å². The molecule has 0 radical (unpaired) electrons. The Bertz CT molecular complexity index is 1850. The maximum atomic E-state index is 12.7. The summed E-state index contributed by atoms with van der Waals surface area (Å²) in [6, 6.07) is 6.32. The van der Waals surface area contributed by atoms with Crippen LogP contribution in [0, 0.1) is 11.8 Å². The summed E-state index contributed by atoms with van der Waals surface area (Å²) in [6.07, 6.45) is -0.491. The molecule has 4 unspecified atom stereocenters. The van der Waals surface area contributed by atoms with Gasteiger partial charge in [0.1, 0.15) is 37.7 Å². The summed E-state index contributed by atoms with van der Waals surface area (Å²) in [7, 11) is 0.602. The molecule has 294 valence electrons. The monoisotopic (exact) mass is 820 g/mol. The fraction of sp³-hybridized carbons (Fsp3) is 0.500. The van der Waals surface area contributed by atoms with Crippen LogP contribution in [0.1, 0.15) is 35.5 Å². The van der Waals surface area contributed by atoms with E-state index in [9.17, 15) is 23.7 Å². The molecule has 3 amide bonds. The third-order valence-electron chi connectivity index (χ3n) is 7.13. The molecular weight excluding hydrogens is 781 g/mol. The summed E-state index contributed by atoms with van der Waals surface area (Å²) in [5.41, 5.74) is 23.3. The van der Waals surface area contributed by atoms with Gasteiger partial charge >= 0.3 is 5.69 Å². The SMILES string of the molecule is CC(=O)NCCNC(=O)c1cccc(OCC(N=[N+]=[N-])OCCOCC(=O)NCC#Cc2cn([C@H]3CC(OCN=[N+]=[N-])[C@@H](CPPP=O)O3)c(=O)nc2N)c1. The van der Waals surface area contributed by atoms with E-state index in [1.807, 2.05) is 0 Å². The highest BCUT2D eigenvalue weighted by molar-refractivity contribution is 8.40. The highest BCUT2D eigenvalue weighted by Crippen LogP contribution is 2.48. The molecule has 1 aliphatic heterocycles. The summed E-state index contributed by atoms with van der Waals surface area (Å²) in [6.45, 7) is 1.08. The predicted molar refractivity (Wildman–Crippen MR) is 202 cm³/mol. The molecule has 25 heteroatoms. The van der Waals surface area contributed by atoms with E-state index in [0.29, 0.717) is 25.7 Å². The van der Waals surface area contributed by atoms with Crippen molar-refractivity contribution in [3.05, 3.63) is 73.0 Å². The Kier molecular flexibility index (Phi) is 20.4. The molecule has 6 atom stereocenters. The molecule has 1 aliphatic rings. The average molecular weight is 821 g/mol. The van der Waals surface area contributed by atoms with E-state index in [-0.39, 0.29) is 98.5 Å². The number of aromatic nitrogens is 2. The number of nitrogens with one attached hydrogen (secondary N) is 3. The summed E-state index contributed by atoms with van der Waals surface area (Å²) in [5, 5.41) is 14.8. The number of anilines is 1. The van der Waals surface area contributed by atoms with Gasteiger partial charge in [-0.05, 0) is 43.4 Å². The highest BCUT2D eigenvalue weighted by atomic mass is 32.4. The molecule has 0 bridgehead atoms. The topological polar surface area (TPSA) is 309 Å². The van der Waals surface area contributed by atoms with Crippen LogP contribution in [0.4, 0.5) is 5.82 Å². The zero-order chi connectivity index (χ0) is 39.8. The number of azide groups is 2. The smallest absolute Gasteiger partial charge is 0.351 e. The molecule has 1 saturated heterocycles. The number of benzene rings is 1. The molecule has 2 aromatic rings. The second kappa shape index (κ2) is 25.2. The molecule has 0 aliphatic carbocycles. The van der Waals surface area contributed by atoms with Crippen LogP contribution in [0.3, 0.4) is 0 Å². The van der Waals surface area contributed by atoms with Crippen LogP contribution in [0.5, 0.6) is 5.75 Å². The quantitative estimate of drug-likeness (QED) is 0.0314. The van der Waals surface area contributed by atoms with E-state index in [4.69, 9.17) is 40.5 Å². The molecule has 0 saturated carbocycles. The van der Waals surface area contributed by atoms with Crippen molar-refractivity contribution in [3.63, 3.8) is 0 Å². The first-order chi connectivity index (χ1) is 26.6. The largest absolute Gasteiger partial charge is 0.491 e. The van der Waals surface area contributed by atoms with Gasteiger partial charge < -0.3 is 45.4 Å². The third kappa shape index (κ3) is 16.6. The molecule has 1 aromatic heterocycles. The van der Waals surface area contributed by atoms with Crippen LogP contribution in [0.15, 0.2) is 45.5 Å². The van der Waals surface area contributed by atoms with Crippen LogP contribution >= 0.6 is 24.4 Å². The van der Waals surface area contributed by atoms with Crippen LogP contribution < -0.4 is 32.1 Å². The first kappa shape index (κ1) is 44.5. The summed E-state index contributed by atoms with van der Waals surface area (Å²) >= 11 is 0. The number of nitrogens with two attached hydrogens (primary N) is 1. The average Bonchev–Trinajstić information content (AvgIpc) is 3.56. The number of hydrogen-bond acceptors (Lipinski definition) is 14. The van der Waals surface area contributed by atoms with E-state index in [1.54, 1.807) is 18.2 Å². The minimum absolute atomic E-state index is 0.0188. The number of nitrogens with zero attached hydrogens (tertiary/aromatic N) is 8. The predicted octanol–water partition coefficient (Wildman–Crippen LogP) is 2.33. The van der Waals surface area contributed by atoms with Crippen molar-refractivity contribution in [1.82, 2.24) is 25.5 Å². The van der Waals surface area contributed by atoms with Gasteiger partial charge in [0, 0.05) is 48.0 Å². The Morgan fingerprint density at radius 3 is 2.80 bits per heavy atom. The van der Waals surface area contributed by atoms with E-state index >= 15 is 0 Å². The zero-order valence-electron chi connectivity index (χ0n) is 29.5. The fourth-order valence-corrected chi connectivity index (χ4v) is 7.86. The first-order valence-electron chi connectivity index (χ1n) is 16.4. The van der Waals surface area contributed by atoms with E-state index in [2.05, 4.69) is 52.8 Å². The van der Waals surface area contributed by atoms with Crippen molar-refractivity contribution in [2.75, 3.05) is 64.7 Å². The van der Waals surface area contributed by atoms with Gasteiger partial charge in [0.25, 0.3) is 5.91 Å². The van der Waals surface area contributed by atoms with E-state index in [1.165, 1.54) is 23.8 Å². The number of amides is 3. The van der Waals surface area contributed by atoms with Gasteiger partial charge in [0.2, 0.25) is 11.8 Å². The van der Waals surface area contributed by atoms with E-state index < -0.39 is 36.3 Å². The van der Waals surface area contributed by atoms with Gasteiger partial charge in [-0.3, -0.25) is 23.5 Å². The minimum Gasteiger partial charge on any atom is -0.491 e. The van der Waals surface area contributed by atoms with Gasteiger partial charge in [0.05, 0.1) is 37.5 Å². The molecule has 1 fully saturated rings. The van der Waals surface area contributed by atoms with Crippen LogP contribution in [0.25, 0.3) is 20.9 Å². The van der Waals surface area contributed by atoms with Crippen molar-refractivity contribution < 1.29 is 42.6 Å². The standard InChI is InChI=1S/C30H39N12O10P3/c1-19(43)34-8-9-36-29(45)20-4-2-6-22(12-20)50-16-26(39-41-33)49-11-10-48-15-25(44)35-7-3-5-21-14-42(30(46)38-28(21)31)27-13-23(51-18-37-40-32)24(52-27)17-53-55-54-47/h2,4,6,12,14,23-24,26-27,53,55H,7-11,13,15-18H2,1H3,(H,34,43)(H,35,44)(H,36,45)(H2,31,38,46)/t23?,24-,26?,27-/m1/s1. The van der Waals surface area contributed by atoms with Crippen molar-refractivity contribution in [1.29, 1.82) is 0 Å². The summed E-state index contributed by atoms with van der Waals surface area (Å²) < 4.78 is 40.3. The number of carbonyl (C=O) groups excluding carboxylic acids is 3. The summed E-state index contributed by atoms with van der Waals surface area (Å²) in [5.74, 6) is 4.71. The Labute approximate surface area is 319 Å². The van der Waals surface area contributed by atoms with Crippen molar-refractivity contribution in [2.45, 2.75) is 38.0 Å². The lowest BCUT2D eigenvalue weighted by molar-refractivity contribution is -0.126. The second-order valence-corrected chi connectivity index (χ2v) is 16.4. The number of rotatable bonds is 23. The minimum atomic E-state index is -1.03. The lowest BCUT2D eigenvalue weighted by atomic mass is 10.2. The van der Waals surface area contributed by atoms with Crippen LogP contribution in [-0.2, 0) is 33.1 Å². The molecule has 0 spiro atoms. The van der Waals surface area contributed by atoms with Crippen molar-refractivity contribution in [3.8, 4) is 17.6 Å². The Morgan fingerprint density at radius 2 is 2.04 bits per heavy atom. The Balaban J connectivity index is 1.41. The van der Waals surface area contributed by atoms with Crippen LogP contribution in [0.2, 0.25) is 0 Å². The second-order valence-electron chi connectivity index (χ2n) is 11.0. The number of carbonyl (C=O) groups is 3. The number of hydrogen-bond donors (Lipinski definition) is 4. The number of ether oxygens (including phenoxy) is 5. The molecule has 5 N–H and O–H groups in total. The Hall–Kier alpha value is -4.91. The van der Waals surface area contributed by atoms with Crippen molar-refractivity contribution >= 4 is 47.9 Å². The molecule has 2 heterocycles. The normalized spacial score (nSPS) is 16.9. The van der Waals surface area contributed by atoms with Gasteiger partial charge in [0.15, 0.2) is 14.4 Å². The maximum Gasteiger partial charge on any atom is 0.351 e. The lowest BCUT2D eigenvalue weighted by Gasteiger charge is -2.17. The molecular formula is C30H39N12O10P3. The first-order valence-corrected chi connectivity index (χ1v) is 21.2. The molecule has 22 nitrogen and oxygen atoms in total. The van der Waals surface area contributed by atoms with Crippen LogP contribution in [-0.4, -0.2) is 105 Å². The highest BCUT2D eigenvalue weighted by Gasteiger charge is 2.37. The fourth-order valence-electron chi connectivity index (χ4n) is 4.67. The Morgan fingerprint density at radius 1 is 1.22 bits per heavy atom. The number of nitrogen functional groups attached to an aromatic ring is 1. The molecule has 1 aromatic carbocycles. The third-order valence-corrected chi connectivity index (χ3v) is 11.6. The molecule has 3 rings (SSSR count). The maximum absolute atomic E-state index is 12.7. The zero-order valence-corrected chi connectivity index (χ0v) is 32.3. The van der Waals surface area contributed by atoms with E-state index in [0.717, 1.165) is 0 Å².